The summed E-state index contributed by atoms with van der Waals surface area (Å²) < 4.78 is 0. The zero-order valence-corrected chi connectivity index (χ0v) is 13.2. The summed E-state index contributed by atoms with van der Waals surface area (Å²) in [4.78, 5) is 39.4. The zero-order valence-electron chi connectivity index (χ0n) is 13.2. The van der Waals surface area contributed by atoms with Crippen molar-refractivity contribution in [3.05, 3.63) is 28.2 Å². The molecule has 1 aromatic rings. The first-order valence-corrected chi connectivity index (χ1v) is 8.29. The van der Waals surface area contributed by atoms with Crippen molar-refractivity contribution in [2.24, 2.45) is 5.92 Å². The van der Waals surface area contributed by atoms with E-state index in [0.29, 0.717) is 26.2 Å². The van der Waals surface area contributed by atoms with E-state index in [-0.39, 0.29) is 29.0 Å². The summed E-state index contributed by atoms with van der Waals surface area (Å²) in [6.45, 7) is 2.17. The van der Waals surface area contributed by atoms with Crippen LogP contribution in [0.25, 0.3) is 0 Å². The van der Waals surface area contributed by atoms with E-state index in [1.807, 2.05) is 4.90 Å². The third-order valence-electron chi connectivity index (χ3n) is 4.73. The van der Waals surface area contributed by atoms with E-state index >= 15 is 0 Å². The van der Waals surface area contributed by atoms with Crippen molar-refractivity contribution in [3.63, 3.8) is 0 Å². The molecule has 0 aromatic carbocycles. The van der Waals surface area contributed by atoms with Crippen LogP contribution in [0.5, 0.6) is 0 Å². The van der Waals surface area contributed by atoms with Gasteiger partial charge < -0.3 is 9.80 Å². The van der Waals surface area contributed by atoms with E-state index in [2.05, 4.69) is 10.2 Å². The molecule has 7 heteroatoms. The second-order valence-corrected chi connectivity index (χ2v) is 6.26. The van der Waals surface area contributed by atoms with Crippen molar-refractivity contribution in [2.45, 2.75) is 32.1 Å². The second-order valence-electron chi connectivity index (χ2n) is 6.26. The van der Waals surface area contributed by atoms with Crippen LogP contribution in [0, 0.1) is 5.92 Å². The second kappa shape index (κ2) is 6.93. The van der Waals surface area contributed by atoms with Crippen LogP contribution >= 0.6 is 0 Å². The van der Waals surface area contributed by atoms with Gasteiger partial charge in [0.2, 0.25) is 5.91 Å². The monoisotopic (exact) mass is 318 g/mol. The molecular formula is C16H22N4O3. The third-order valence-corrected chi connectivity index (χ3v) is 4.73. The summed E-state index contributed by atoms with van der Waals surface area (Å²) >= 11 is 0. The molecule has 1 N–H and O–H groups in total. The molecule has 0 bridgehead atoms. The molecular weight excluding hydrogens is 296 g/mol. The predicted octanol–water partition coefficient (Wildman–Crippen LogP) is 0.635. The van der Waals surface area contributed by atoms with Gasteiger partial charge in [0.05, 0.1) is 0 Å². The SMILES string of the molecule is O=C(c1ccc(=O)[nH]n1)N1CCN(C(=O)C2CCCCC2)CC1. The summed E-state index contributed by atoms with van der Waals surface area (Å²) in [5.41, 5.74) is -0.0962. The van der Waals surface area contributed by atoms with Crippen LogP contribution in [0.2, 0.25) is 0 Å². The molecule has 1 aliphatic carbocycles. The van der Waals surface area contributed by atoms with Crippen molar-refractivity contribution in [1.29, 1.82) is 0 Å². The van der Waals surface area contributed by atoms with Crippen LogP contribution in [0.4, 0.5) is 0 Å². The summed E-state index contributed by atoms with van der Waals surface area (Å²) in [7, 11) is 0. The fraction of sp³-hybridized carbons (Fsp3) is 0.625. The van der Waals surface area contributed by atoms with Crippen molar-refractivity contribution in [2.75, 3.05) is 26.2 Å². The third kappa shape index (κ3) is 3.60. The van der Waals surface area contributed by atoms with Gasteiger partial charge in [0, 0.05) is 38.2 Å². The molecule has 0 unspecified atom stereocenters. The number of aromatic nitrogens is 2. The Morgan fingerprint density at radius 3 is 2.26 bits per heavy atom. The van der Waals surface area contributed by atoms with Crippen molar-refractivity contribution < 1.29 is 9.59 Å². The minimum atomic E-state index is -0.329. The van der Waals surface area contributed by atoms with Crippen LogP contribution < -0.4 is 5.56 Å². The molecule has 3 rings (SSSR count). The Hall–Kier alpha value is -2.18. The maximum absolute atomic E-state index is 12.5. The lowest BCUT2D eigenvalue weighted by Crippen LogP contribution is -2.52. The normalized spacial score (nSPS) is 19.7. The average molecular weight is 318 g/mol. The number of nitrogens with one attached hydrogen (secondary N) is 1. The van der Waals surface area contributed by atoms with E-state index in [0.717, 1.165) is 25.7 Å². The Balaban J connectivity index is 1.55. The summed E-state index contributed by atoms with van der Waals surface area (Å²) in [6, 6.07) is 2.73. The largest absolute Gasteiger partial charge is 0.339 e. The quantitative estimate of drug-likeness (QED) is 0.867. The lowest BCUT2D eigenvalue weighted by molar-refractivity contribution is -0.138. The lowest BCUT2D eigenvalue weighted by Gasteiger charge is -2.37. The first-order chi connectivity index (χ1) is 11.1. The maximum atomic E-state index is 12.5. The van der Waals surface area contributed by atoms with E-state index in [1.165, 1.54) is 18.6 Å². The molecule has 2 fully saturated rings. The molecule has 0 atom stereocenters. The molecule has 1 aromatic heterocycles. The highest BCUT2D eigenvalue weighted by atomic mass is 16.2. The smallest absolute Gasteiger partial charge is 0.274 e. The van der Waals surface area contributed by atoms with Gasteiger partial charge in [0.15, 0.2) is 0 Å². The molecule has 2 heterocycles. The van der Waals surface area contributed by atoms with Crippen LogP contribution in [-0.2, 0) is 4.79 Å². The number of rotatable bonds is 2. The maximum Gasteiger partial charge on any atom is 0.274 e. The Morgan fingerprint density at radius 1 is 1.00 bits per heavy atom. The number of amides is 2. The fourth-order valence-corrected chi connectivity index (χ4v) is 3.36. The van der Waals surface area contributed by atoms with Gasteiger partial charge in [-0.15, -0.1) is 0 Å². The van der Waals surface area contributed by atoms with Crippen LogP contribution in [0.15, 0.2) is 16.9 Å². The molecule has 2 amide bonds. The number of hydrogen-bond acceptors (Lipinski definition) is 4. The average Bonchev–Trinajstić information content (AvgIpc) is 2.62. The molecule has 1 saturated heterocycles. The van der Waals surface area contributed by atoms with Gasteiger partial charge in [-0.25, -0.2) is 5.10 Å². The first-order valence-electron chi connectivity index (χ1n) is 8.29. The molecule has 2 aliphatic rings. The topological polar surface area (TPSA) is 86.4 Å². The molecule has 23 heavy (non-hydrogen) atoms. The van der Waals surface area contributed by atoms with Crippen LogP contribution in [-0.4, -0.2) is 58.0 Å². The minimum Gasteiger partial charge on any atom is -0.339 e. The summed E-state index contributed by atoms with van der Waals surface area (Å²) in [5.74, 6) is 0.219. The van der Waals surface area contributed by atoms with Gasteiger partial charge in [-0.05, 0) is 18.9 Å². The number of carbonyl (C=O) groups is 2. The molecule has 1 saturated carbocycles. The van der Waals surface area contributed by atoms with E-state index in [1.54, 1.807) is 4.90 Å². The van der Waals surface area contributed by atoms with Gasteiger partial charge in [0.25, 0.3) is 11.5 Å². The number of H-pyrrole nitrogens is 1. The van der Waals surface area contributed by atoms with E-state index < -0.39 is 0 Å². The first kappa shape index (κ1) is 15.7. The lowest BCUT2D eigenvalue weighted by atomic mass is 9.88. The van der Waals surface area contributed by atoms with Crippen molar-refractivity contribution in [1.82, 2.24) is 20.0 Å². The molecule has 124 valence electrons. The Kier molecular flexibility index (Phi) is 4.73. The van der Waals surface area contributed by atoms with Gasteiger partial charge in [0.1, 0.15) is 5.69 Å². The van der Waals surface area contributed by atoms with Crippen molar-refractivity contribution in [3.8, 4) is 0 Å². The van der Waals surface area contributed by atoms with Crippen molar-refractivity contribution >= 4 is 11.8 Å². The predicted molar refractivity (Wildman–Crippen MR) is 83.9 cm³/mol. The van der Waals surface area contributed by atoms with Gasteiger partial charge in [-0.3, -0.25) is 14.4 Å². The highest BCUT2D eigenvalue weighted by Gasteiger charge is 2.30. The number of carbonyl (C=O) groups excluding carboxylic acids is 2. The molecule has 1 aliphatic heterocycles. The number of piperazine rings is 1. The highest BCUT2D eigenvalue weighted by molar-refractivity contribution is 5.92. The Labute approximate surface area is 134 Å². The van der Waals surface area contributed by atoms with Crippen LogP contribution in [0.1, 0.15) is 42.6 Å². The zero-order chi connectivity index (χ0) is 16.2. The highest BCUT2D eigenvalue weighted by Crippen LogP contribution is 2.25. The summed E-state index contributed by atoms with van der Waals surface area (Å²) in [5, 5.41) is 6.04. The van der Waals surface area contributed by atoms with Crippen LogP contribution in [0.3, 0.4) is 0 Å². The summed E-state index contributed by atoms with van der Waals surface area (Å²) in [6.07, 6.45) is 5.52. The molecule has 0 spiro atoms. The fourth-order valence-electron chi connectivity index (χ4n) is 3.36. The Bertz CT molecular complexity index is 608. The Morgan fingerprint density at radius 2 is 1.65 bits per heavy atom. The number of nitrogens with zero attached hydrogens (tertiary/aromatic N) is 3. The number of aromatic amines is 1. The molecule has 0 radical (unpaired) electrons. The minimum absolute atomic E-state index is 0.173. The van der Waals surface area contributed by atoms with E-state index in [4.69, 9.17) is 0 Å². The van der Waals surface area contributed by atoms with Gasteiger partial charge in [-0.2, -0.15) is 5.10 Å². The van der Waals surface area contributed by atoms with Gasteiger partial charge >= 0.3 is 0 Å². The standard InChI is InChI=1S/C16H22N4O3/c21-14-7-6-13(17-18-14)16(23)20-10-8-19(9-11-20)15(22)12-4-2-1-3-5-12/h6-7,12H,1-5,8-11H2,(H,18,21). The number of hydrogen-bond donors (Lipinski definition) is 1. The van der Waals surface area contributed by atoms with Gasteiger partial charge in [-0.1, -0.05) is 19.3 Å². The molecule has 7 nitrogen and oxygen atoms in total. The van der Waals surface area contributed by atoms with E-state index in [9.17, 15) is 14.4 Å².